The third kappa shape index (κ3) is 3.57. The molecule has 9 heteroatoms. The third-order valence-corrected chi connectivity index (χ3v) is 6.53. The first kappa shape index (κ1) is 21.6. The largest absolute Gasteiger partial charge is 0.363 e. The summed E-state index contributed by atoms with van der Waals surface area (Å²) in [4.78, 5) is 24.7. The first-order chi connectivity index (χ1) is 16.4. The molecule has 1 amide bonds. The SMILES string of the molecule is Cc1c(C#N)cccc1C(C)Nc1nc2nccn2c2cc(F)c(N3CCN(C)C(=O)C3)cc12. The van der Waals surface area contributed by atoms with Crippen molar-refractivity contribution in [1.82, 2.24) is 19.3 Å². The number of aromatic nitrogens is 3. The molecule has 172 valence electrons. The van der Waals surface area contributed by atoms with Crippen LogP contribution in [0.15, 0.2) is 42.7 Å². The number of anilines is 2. The van der Waals surface area contributed by atoms with Gasteiger partial charge in [0.25, 0.3) is 0 Å². The van der Waals surface area contributed by atoms with E-state index in [1.165, 1.54) is 6.07 Å². The Balaban J connectivity index is 1.62. The Morgan fingerprint density at radius 1 is 1.26 bits per heavy atom. The van der Waals surface area contributed by atoms with Crippen LogP contribution in [0.2, 0.25) is 0 Å². The van der Waals surface area contributed by atoms with Crippen molar-refractivity contribution in [3.63, 3.8) is 0 Å². The van der Waals surface area contributed by atoms with Crippen molar-refractivity contribution in [3.8, 4) is 6.07 Å². The highest BCUT2D eigenvalue weighted by Gasteiger charge is 2.25. The van der Waals surface area contributed by atoms with Gasteiger partial charge in [-0.2, -0.15) is 10.2 Å². The van der Waals surface area contributed by atoms with Gasteiger partial charge in [-0.15, -0.1) is 0 Å². The van der Waals surface area contributed by atoms with Crippen LogP contribution in [0.3, 0.4) is 0 Å². The maximum absolute atomic E-state index is 15.3. The van der Waals surface area contributed by atoms with Crippen molar-refractivity contribution in [2.75, 3.05) is 36.9 Å². The van der Waals surface area contributed by atoms with Gasteiger partial charge in [0.15, 0.2) is 0 Å². The number of carbonyl (C=O) groups is 1. The highest BCUT2D eigenvalue weighted by Crippen LogP contribution is 2.33. The van der Waals surface area contributed by atoms with Crippen LogP contribution in [-0.4, -0.2) is 51.9 Å². The molecule has 4 aromatic rings. The highest BCUT2D eigenvalue weighted by atomic mass is 19.1. The first-order valence-corrected chi connectivity index (χ1v) is 11.1. The molecule has 2 aromatic heterocycles. The van der Waals surface area contributed by atoms with E-state index in [0.29, 0.717) is 46.8 Å². The monoisotopic (exact) mass is 457 g/mol. The third-order valence-electron chi connectivity index (χ3n) is 6.53. The number of piperazine rings is 1. The van der Waals surface area contributed by atoms with Crippen LogP contribution in [0.4, 0.5) is 15.9 Å². The van der Waals surface area contributed by atoms with E-state index in [1.54, 1.807) is 45.8 Å². The minimum Gasteiger partial charge on any atom is -0.363 e. The fourth-order valence-corrected chi connectivity index (χ4v) is 4.51. The van der Waals surface area contributed by atoms with Crippen molar-refractivity contribution < 1.29 is 9.18 Å². The van der Waals surface area contributed by atoms with Crippen molar-refractivity contribution in [3.05, 3.63) is 65.2 Å². The Labute approximate surface area is 196 Å². The Morgan fingerprint density at radius 2 is 2.09 bits per heavy atom. The van der Waals surface area contributed by atoms with Crippen molar-refractivity contribution in [2.24, 2.45) is 0 Å². The number of nitrogens with zero attached hydrogens (tertiary/aromatic N) is 6. The zero-order chi connectivity index (χ0) is 24.0. The fourth-order valence-electron chi connectivity index (χ4n) is 4.51. The molecule has 0 radical (unpaired) electrons. The number of hydrogen-bond donors (Lipinski definition) is 1. The lowest BCUT2D eigenvalue weighted by Gasteiger charge is -2.33. The van der Waals surface area contributed by atoms with Gasteiger partial charge in [0.2, 0.25) is 11.7 Å². The molecule has 1 atom stereocenters. The normalized spacial score (nSPS) is 15.1. The summed E-state index contributed by atoms with van der Waals surface area (Å²) in [6.45, 7) is 5.12. The van der Waals surface area contributed by atoms with Crippen LogP contribution in [0, 0.1) is 24.1 Å². The quantitative estimate of drug-likeness (QED) is 0.503. The van der Waals surface area contributed by atoms with E-state index in [9.17, 15) is 10.1 Å². The number of benzene rings is 2. The summed E-state index contributed by atoms with van der Waals surface area (Å²) in [5, 5.41) is 13.6. The highest BCUT2D eigenvalue weighted by molar-refractivity contribution is 5.94. The number of nitriles is 1. The second-order valence-corrected chi connectivity index (χ2v) is 8.61. The van der Waals surface area contributed by atoms with E-state index in [-0.39, 0.29) is 18.5 Å². The molecule has 1 N–H and O–H groups in total. The van der Waals surface area contributed by atoms with Gasteiger partial charge >= 0.3 is 0 Å². The van der Waals surface area contributed by atoms with Crippen LogP contribution in [0.1, 0.15) is 29.7 Å². The fraction of sp³-hybridized carbons (Fsp3) is 0.280. The summed E-state index contributed by atoms with van der Waals surface area (Å²) < 4.78 is 17.0. The molecule has 5 rings (SSSR count). The molecule has 1 fully saturated rings. The van der Waals surface area contributed by atoms with Gasteiger partial charge in [-0.1, -0.05) is 12.1 Å². The molecule has 1 aliphatic heterocycles. The van der Waals surface area contributed by atoms with Gasteiger partial charge in [-0.05, 0) is 37.1 Å². The van der Waals surface area contributed by atoms with Crippen LogP contribution in [0.5, 0.6) is 0 Å². The molecule has 3 heterocycles. The number of amides is 1. The molecule has 0 saturated carbocycles. The van der Waals surface area contributed by atoms with Gasteiger partial charge in [0, 0.05) is 44.0 Å². The Kier molecular flexibility index (Phi) is 5.28. The lowest BCUT2D eigenvalue weighted by atomic mass is 9.98. The number of nitrogens with one attached hydrogen (secondary N) is 1. The maximum Gasteiger partial charge on any atom is 0.241 e. The van der Waals surface area contributed by atoms with Crippen molar-refractivity contribution >= 4 is 34.1 Å². The van der Waals surface area contributed by atoms with Gasteiger partial charge < -0.3 is 15.1 Å². The topological polar surface area (TPSA) is 89.6 Å². The summed E-state index contributed by atoms with van der Waals surface area (Å²) in [7, 11) is 1.75. The second kappa shape index (κ2) is 8.30. The zero-order valence-corrected chi connectivity index (χ0v) is 19.2. The molecule has 1 aliphatic rings. The molecule has 0 bridgehead atoms. The van der Waals surface area contributed by atoms with Crippen LogP contribution < -0.4 is 10.2 Å². The lowest BCUT2D eigenvalue weighted by Crippen LogP contribution is -2.48. The van der Waals surface area contributed by atoms with Crippen molar-refractivity contribution in [1.29, 1.82) is 5.26 Å². The molecule has 0 aliphatic carbocycles. The van der Waals surface area contributed by atoms with Crippen LogP contribution in [-0.2, 0) is 4.79 Å². The summed E-state index contributed by atoms with van der Waals surface area (Å²) in [5.74, 6) is 0.563. The Hall–Kier alpha value is -4.19. The molecule has 1 unspecified atom stereocenters. The molecule has 34 heavy (non-hydrogen) atoms. The minimum absolute atomic E-state index is 0.0474. The van der Waals surface area contributed by atoms with E-state index in [0.717, 1.165) is 11.1 Å². The predicted molar refractivity (Wildman–Crippen MR) is 128 cm³/mol. The summed E-state index contributed by atoms with van der Waals surface area (Å²) in [6.07, 6.45) is 3.37. The zero-order valence-electron chi connectivity index (χ0n) is 19.2. The summed E-state index contributed by atoms with van der Waals surface area (Å²) in [6, 6.07) is 10.9. The number of hydrogen-bond acceptors (Lipinski definition) is 6. The van der Waals surface area contributed by atoms with Gasteiger partial charge in [0.1, 0.15) is 11.6 Å². The molecule has 1 saturated heterocycles. The molecular weight excluding hydrogens is 433 g/mol. The average molecular weight is 458 g/mol. The van der Waals surface area contributed by atoms with Gasteiger partial charge in [0.05, 0.1) is 35.4 Å². The Bertz CT molecular complexity index is 1470. The van der Waals surface area contributed by atoms with E-state index in [2.05, 4.69) is 16.4 Å². The molecule has 2 aromatic carbocycles. The molecule has 0 spiro atoms. The maximum atomic E-state index is 15.3. The standard InChI is InChI=1S/C25H24FN7O/c1-15-17(13-27)5-4-6-18(15)16(2)29-24-19-11-22(32-10-9-31(3)23(34)14-32)20(26)12-21(19)33-8-7-28-25(33)30-24/h4-8,11-12,16H,9-10,14H2,1-3H3,(H,28,29,30). The van der Waals surface area contributed by atoms with E-state index < -0.39 is 5.82 Å². The second-order valence-electron chi connectivity index (χ2n) is 8.61. The smallest absolute Gasteiger partial charge is 0.241 e. The minimum atomic E-state index is -0.400. The summed E-state index contributed by atoms with van der Waals surface area (Å²) in [5.41, 5.74) is 3.50. The van der Waals surface area contributed by atoms with Crippen LogP contribution in [0.25, 0.3) is 16.7 Å². The van der Waals surface area contributed by atoms with Crippen LogP contribution >= 0.6 is 0 Å². The molecular formula is C25H24FN7O. The van der Waals surface area contributed by atoms with E-state index in [1.807, 2.05) is 26.0 Å². The predicted octanol–water partition coefficient (Wildman–Crippen LogP) is 3.65. The number of halogens is 1. The average Bonchev–Trinajstić information content (AvgIpc) is 3.29. The van der Waals surface area contributed by atoms with E-state index in [4.69, 9.17) is 4.98 Å². The number of carbonyl (C=O) groups excluding carboxylic acids is 1. The number of imidazole rings is 1. The number of likely N-dealkylation sites (N-methyl/N-ethyl adjacent to an activating group) is 1. The molecule has 8 nitrogen and oxygen atoms in total. The number of rotatable bonds is 4. The number of fused-ring (bicyclic) bond motifs is 3. The van der Waals surface area contributed by atoms with Gasteiger partial charge in [-0.3, -0.25) is 9.20 Å². The lowest BCUT2D eigenvalue weighted by molar-refractivity contribution is -0.129. The Morgan fingerprint density at radius 3 is 2.85 bits per heavy atom. The van der Waals surface area contributed by atoms with Crippen molar-refractivity contribution in [2.45, 2.75) is 19.9 Å². The van der Waals surface area contributed by atoms with Gasteiger partial charge in [-0.25, -0.2) is 9.37 Å². The summed E-state index contributed by atoms with van der Waals surface area (Å²) >= 11 is 0. The van der Waals surface area contributed by atoms with E-state index >= 15 is 4.39 Å². The first-order valence-electron chi connectivity index (χ1n) is 11.1.